The summed E-state index contributed by atoms with van der Waals surface area (Å²) in [5.74, 6) is -0.755. The lowest BCUT2D eigenvalue weighted by Gasteiger charge is -2.20. The number of halogens is 3. The predicted molar refractivity (Wildman–Crippen MR) is 132 cm³/mol. The molecule has 0 aliphatic carbocycles. The number of ether oxygens (including phenoxy) is 1. The minimum Gasteiger partial charge on any atom is -0.484 e. The molecular formula is C24H25ClF2N4O2S. The third-order valence-corrected chi connectivity index (χ3v) is 6.23. The first kappa shape index (κ1) is 25.6. The number of fused-ring (bicyclic) bond motifs is 1. The Morgan fingerprint density at radius 3 is 2.65 bits per heavy atom. The van der Waals surface area contributed by atoms with Crippen molar-refractivity contribution in [2.45, 2.75) is 32.7 Å². The molecule has 34 heavy (non-hydrogen) atoms. The average molecular weight is 507 g/mol. The molecule has 4 rings (SSSR count). The lowest BCUT2D eigenvalue weighted by molar-refractivity contribution is -0.120. The molecule has 0 spiro atoms. The number of imidazole rings is 1. The molecule has 0 aliphatic heterocycles. The van der Waals surface area contributed by atoms with E-state index in [1.807, 2.05) is 35.0 Å². The highest BCUT2D eigenvalue weighted by atomic mass is 35.5. The summed E-state index contributed by atoms with van der Waals surface area (Å²) in [5.41, 5.74) is 1.23. The minimum absolute atomic E-state index is 0. The van der Waals surface area contributed by atoms with Gasteiger partial charge in [0.2, 0.25) is 0 Å². The summed E-state index contributed by atoms with van der Waals surface area (Å²) in [4.78, 5) is 22.9. The molecule has 4 aromatic rings. The fourth-order valence-corrected chi connectivity index (χ4v) is 4.44. The van der Waals surface area contributed by atoms with Crippen molar-refractivity contribution >= 4 is 45.0 Å². The molecule has 10 heteroatoms. The molecular weight excluding hydrogens is 482 g/mol. The van der Waals surface area contributed by atoms with E-state index >= 15 is 0 Å². The number of thiazole rings is 1. The van der Waals surface area contributed by atoms with Gasteiger partial charge in [0.1, 0.15) is 17.1 Å². The molecule has 0 fully saturated rings. The Labute approximate surface area is 206 Å². The van der Waals surface area contributed by atoms with Crippen molar-refractivity contribution in [1.82, 2.24) is 14.5 Å². The van der Waals surface area contributed by atoms with Crippen LogP contribution in [-0.4, -0.2) is 33.6 Å². The number of aromatic nitrogens is 3. The van der Waals surface area contributed by atoms with E-state index in [1.54, 1.807) is 12.5 Å². The lowest BCUT2D eigenvalue weighted by atomic mass is 10.0. The third kappa shape index (κ3) is 6.09. The average Bonchev–Trinajstić information content (AvgIpc) is 3.45. The molecule has 6 nitrogen and oxygen atoms in total. The van der Waals surface area contributed by atoms with Crippen molar-refractivity contribution in [2.75, 3.05) is 18.1 Å². The summed E-state index contributed by atoms with van der Waals surface area (Å²) < 4.78 is 35.8. The summed E-state index contributed by atoms with van der Waals surface area (Å²) >= 11 is 1.08. The standard InChI is InChI=1S/C24H24F2N4O2S.ClH/c1-16(2)17-4-6-19(7-5-17)32-14-22(31)30(10-3-9-29-11-8-27-15-29)24-28-23-20(26)12-18(25)13-21(23)33-24;/h4-8,11-13,15-16H,3,9-10,14H2,1-2H3;1H. The van der Waals surface area contributed by atoms with E-state index in [-0.39, 0.29) is 30.4 Å². The fourth-order valence-electron chi connectivity index (χ4n) is 3.39. The van der Waals surface area contributed by atoms with Crippen LogP contribution in [0.25, 0.3) is 10.2 Å². The first-order valence-corrected chi connectivity index (χ1v) is 11.5. The normalized spacial score (nSPS) is 11.0. The van der Waals surface area contributed by atoms with Gasteiger partial charge >= 0.3 is 0 Å². The van der Waals surface area contributed by atoms with Crippen molar-refractivity contribution in [1.29, 1.82) is 0 Å². The fraction of sp³-hybridized carbons (Fsp3) is 0.292. The van der Waals surface area contributed by atoms with Gasteiger partial charge in [-0.1, -0.05) is 37.3 Å². The van der Waals surface area contributed by atoms with Gasteiger partial charge in [-0.05, 0) is 36.1 Å². The quantitative estimate of drug-likeness (QED) is 0.287. The van der Waals surface area contributed by atoms with Crippen LogP contribution in [0, 0.1) is 11.6 Å². The zero-order chi connectivity index (χ0) is 23.4. The van der Waals surface area contributed by atoms with E-state index in [4.69, 9.17) is 4.74 Å². The van der Waals surface area contributed by atoms with Crippen molar-refractivity contribution in [3.63, 3.8) is 0 Å². The first-order chi connectivity index (χ1) is 15.9. The summed E-state index contributed by atoms with van der Waals surface area (Å²) in [5, 5.41) is 0.309. The summed E-state index contributed by atoms with van der Waals surface area (Å²) in [6, 6.07) is 9.63. The van der Waals surface area contributed by atoms with Crippen molar-refractivity contribution < 1.29 is 18.3 Å². The SMILES string of the molecule is CC(C)c1ccc(OCC(=O)N(CCCn2ccnc2)c2nc3c(F)cc(F)cc3s2)cc1.Cl. The molecule has 2 aromatic carbocycles. The number of anilines is 1. The first-order valence-electron chi connectivity index (χ1n) is 10.6. The smallest absolute Gasteiger partial charge is 0.266 e. The lowest BCUT2D eigenvalue weighted by Crippen LogP contribution is -2.36. The van der Waals surface area contributed by atoms with E-state index in [1.165, 1.54) is 16.5 Å². The van der Waals surface area contributed by atoms with Gasteiger partial charge in [0, 0.05) is 31.5 Å². The van der Waals surface area contributed by atoms with Gasteiger partial charge in [0.25, 0.3) is 5.91 Å². The van der Waals surface area contributed by atoms with Crippen molar-refractivity contribution in [3.8, 4) is 5.75 Å². The van der Waals surface area contributed by atoms with Crippen LogP contribution in [0.15, 0.2) is 55.1 Å². The second-order valence-corrected chi connectivity index (χ2v) is 8.95. The zero-order valence-electron chi connectivity index (χ0n) is 18.8. The summed E-state index contributed by atoms with van der Waals surface area (Å²) in [6.45, 7) is 5.01. The highest BCUT2D eigenvalue weighted by molar-refractivity contribution is 7.22. The van der Waals surface area contributed by atoms with Crippen LogP contribution in [-0.2, 0) is 11.3 Å². The highest BCUT2D eigenvalue weighted by Crippen LogP contribution is 2.31. The van der Waals surface area contributed by atoms with E-state index in [2.05, 4.69) is 23.8 Å². The van der Waals surface area contributed by atoms with Crippen LogP contribution in [0.4, 0.5) is 13.9 Å². The number of rotatable bonds is 9. The maximum absolute atomic E-state index is 14.2. The van der Waals surface area contributed by atoms with Gasteiger partial charge in [-0.25, -0.2) is 18.7 Å². The maximum Gasteiger partial charge on any atom is 0.266 e. The number of carbonyl (C=O) groups excluding carboxylic acids is 1. The van der Waals surface area contributed by atoms with Gasteiger partial charge in [0.15, 0.2) is 17.6 Å². The number of benzene rings is 2. The Bertz CT molecular complexity index is 1230. The monoisotopic (exact) mass is 506 g/mol. The molecule has 1 amide bonds. The molecule has 180 valence electrons. The van der Waals surface area contributed by atoms with E-state index in [9.17, 15) is 13.6 Å². The zero-order valence-corrected chi connectivity index (χ0v) is 20.4. The van der Waals surface area contributed by atoms with E-state index in [0.29, 0.717) is 41.0 Å². The molecule has 0 saturated heterocycles. The maximum atomic E-state index is 14.2. The Hall–Kier alpha value is -3.04. The van der Waals surface area contributed by atoms with Crippen LogP contribution in [0.2, 0.25) is 0 Å². The Morgan fingerprint density at radius 2 is 1.97 bits per heavy atom. The van der Waals surface area contributed by atoms with Gasteiger partial charge in [-0.3, -0.25) is 9.69 Å². The number of hydrogen-bond acceptors (Lipinski definition) is 5. The van der Waals surface area contributed by atoms with Gasteiger partial charge in [-0.15, -0.1) is 12.4 Å². The molecule has 0 aliphatic rings. The number of hydrogen-bond donors (Lipinski definition) is 0. The van der Waals surface area contributed by atoms with E-state index < -0.39 is 11.6 Å². The minimum atomic E-state index is -0.750. The Morgan fingerprint density at radius 1 is 1.21 bits per heavy atom. The summed E-state index contributed by atoms with van der Waals surface area (Å²) in [7, 11) is 0. The highest BCUT2D eigenvalue weighted by Gasteiger charge is 2.22. The molecule has 0 radical (unpaired) electrons. The molecule has 0 saturated carbocycles. The number of carbonyl (C=O) groups is 1. The number of amides is 1. The van der Waals surface area contributed by atoms with Gasteiger partial charge in [0.05, 0.1) is 11.0 Å². The van der Waals surface area contributed by atoms with Crippen LogP contribution in [0.3, 0.4) is 0 Å². The summed E-state index contributed by atoms with van der Waals surface area (Å²) in [6.07, 6.45) is 5.85. The second kappa shape index (κ2) is 11.4. The molecule has 2 aromatic heterocycles. The van der Waals surface area contributed by atoms with E-state index in [0.717, 1.165) is 17.4 Å². The molecule has 0 bridgehead atoms. The van der Waals surface area contributed by atoms with Gasteiger partial charge in [-0.2, -0.15) is 0 Å². The number of nitrogens with zero attached hydrogens (tertiary/aromatic N) is 4. The molecule has 2 heterocycles. The molecule has 0 N–H and O–H groups in total. The van der Waals surface area contributed by atoms with Crippen molar-refractivity contribution in [3.05, 3.63) is 72.3 Å². The topological polar surface area (TPSA) is 60.2 Å². The van der Waals surface area contributed by atoms with Crippen LogP contribution in [0.1, 0.15) is 31.7 Å². The Balaban J connectivity index is 0.00000324. The van der Waals surface area contributed by atoms with Crippen LogP contribution >= 0.6 is 23.7 Å². The van der Waals surface area contributed by atoms with Crippen LogP contribution in [0.5, 0.6) is 5.75 Å². The number of aryl methyl sites for hydroxylation is 1. The van der Waals surface area contributed by atoms with Crippen LogP contribution < -0.4 is 9.64 Å². The Kier molecular flexibility index (Phi) is 8.57. The largest absolute Gasteiger partial charge is 0.484 e. The second-order valence-electron chi connectivity index (χ2n) is 7.94. The van der Waals surface area contributed by atoms with Gasteiger partial charge < -0.3 is 9.30 Å². The third-order valence-electron chi connectivity index (χ3n) is 5.20. The molecule has 0 unspecified atom stereocenters. The predicted octanol–water partition coefficient (Wildman–Crippen LogP) is 5.82. The molecule has 0 atom stereocenters. The van der Waals surface area contributed by atoms with Crippen molar-refractivity contribution in [2.24, 2.45) is 0 Å².